The molecule has 1 heterocycles. The van der Waals surface area contributed by atoms with E-state index in [9.17, 15) is 4.79 Å². The van der Waals surface area contributed by atoms with Gasteiger partial charge in [-0.25, -0.2) is 4.98 Å². The summed E-state index contributed by atoms with van der Waals surface area (Å²) in [4.78, 5) is 16.3. The van der Waals surface area contributed by atoms with E-state index in [0.717, 1.165) is 67.8 Å². The van der Waals surface area contributed by atoms with Gasteiger partial charge in [0, 0.05) is 19.5 Å². The Labute approximate surface area is 185 Å². The fourth-order valence-corrected chi connectivity index (χ4v) is 3.70. The Balaban J connectivity index is 1.51. The Morgan fingerprint density at radius 3 is 2.71 bits per heavy atom. The van der Waals surface area contributed by atoms with Crippen LogP contribution in [0.4, 0.5) is 0 Å². The molecule has 1 N–H and O–H groups in total. The summed E-state index contributed by atoms with van der Waals surface area (Å²) in [5, 5.41) is 2.91. The topological polar surface area (TPSA) is 56.2 Å². The Kier molecular flexibility index (Phi) is 8.71. The van der Waals surface area contributed by atoms with E-state index in [2.05, 4.69) is 41.1 Å². The van der Waals surface area contributed by atoms with Crippen molar-refractivity contribution in [3.63, 3.8) is 0 Å². The molecule has 0 aliphatic carbocycles. The van der Waals surface area contributed by atoms with Crippen LogP contribution in [-0.2, 0) is 17.8 Å². The maximum Gasteiger partial charge on any atom is 0.243 e. The van der Waals surface area contributed by atoms with E-state index in [1.54, 1.807) is 12.2 Å². The van der Waals surface area contributed by atoms with Crippen LogP contribution in [0.25, 0.3) is 11.0 Å². The monoisotopic (exact) mass is 419 g/mol. The standard InChI is InChI=1S/C26H33N3O2/c1-3-12-26(30)27-18-10-4-5-17-25-28-22-14-7-8-15-23(22)29(25)19-11-20-31-24-16-9-6-13-21(24)2/h3,6-9,12-16H,4-5,10-11,17-20H2,1-2H3,(H,27,30)/b12-3+. The molecule has 0 spiro atoms. The van der Waals surface area contributed by atoms with Gasteiger partial charge in [0.1, 0.15) is 11.6 Å². The fraction of sp³-hybridized carbons (Fsp3) is 0.385. The average molecular weight is 420 g/mol. The van der Waals surface area contributed by atoms with Gasteiger partial charge in [-0.3, -0.25) is 4.79 Å². The molecule has 1 amide bonds. The molecular formula is C26H33N3O2. The van der Waals surface area contributed by atoms with E-state index in [0.29, 0.717) is 6.61 Å². The van der Waals surface area contributed by atoms with Crippen molar-refractivity contribution in [2.24, 2.45) is 0 Å². The molecule has 164 valence electrons. The van der Waals surface area contributed by atoms with Gasteiger partial charge in [-0.15, -0.1) is 0 Å². The second-order valence-electron chi connectivity index (χ2n) is 7.74. The molecule has 0 saturated heterocycles. The summed E-state index contributed by atoms with van der Waals surface area (Å²) in [6.07, 6.45) is 8.29. The summed E-state index contributed by atoms with van der Waals surface area (Å²) in [7, 11) is 0. The highest BCUT2D eigenvalue weighted by atomic mass is 16.5. The van der Waals surface area contributed by atoms with Gasteiger partial charge in [-0.05, 0) is 62.9 Å². The van der Waals surface area contributed by atoms with Gasteiger partial charge in [0.15, 0.2) is 0 Å². The van der Waals surface area contributed by atoms with Gasteiger partial charge >= 0.3 is 0 Å². The van der Waals surface area contributed by atoms with Gasteiger partial charge in [-0.2, -0.15) is 0 Å². The second-order valence-corrected chi connectivity index (χ2v) is 7.74. The van der Waals surface area contributed by atoms with Gasteiger partial charge in [-0.1, -0.05) is 42.8 Å². The quantitative estimate of drug-likeness (QED) is 0.323. The van der Waals surface area contributed by atoms with Crippen molar-refractivity contribution >= 4 is 16.9 Å². The molecule has 5 heteroatoms. The van der Waals surface area contributed by atoms with Gasteiger partial charge in [0.05, 0.1) is 17.6 Å². The predicted octanol–water partition coefficient (Wildman–Crippen LogP) is 5.22. The van der Waals surface area contributed by atoms with Crippen molar-refractivity contribution in [3.05, 3.63) is 72.1 Å². The van der Waals surface area contributed by atoms with E-state index in [-0.39, 0.29) is 5.91 Å². The Hall–Kier alpha value is -3.08. The van der Waals surface area contributed by atoms with Crippen molar-refractivity contribution in [2.75, 3.05) is 13.2 Å². The smallest absolute Gasteiger partial charge is 0.243 e. The lowest BCUT2D eigenvalue weighted by Crippen LogP contribution is -2.21. The lowest BCUT2D eigenvalue weighted by Gasteiger charge is -2.11. The van der Waals surface area contributed by atoms with Crippen LogP contribution >= 0.6 is 0 Å². The minimum absolute atomic E-state index is 0.0165. The third-order valence-corrected chi connectivity index (χ3v) is 5.31. The number of carbonyl (C=O) groups is 1. The minimum atomic E-state index is -0.0165. The highest BCUT2D eigenvalue weighted by molar-refractivity contribution is 5.87. The molecule has 0 saturated carbocycles. The number of rotatable bonds is 12. The fourth-order valence-electron chi connectivity index (χ4n) is 3.70. The summed E-state index contributed by atoms with van der Waals surface area (Å²) in [6.45, 7) is 6.21. The number of aryl methyl sites for hydroxylation is 3. The third-order valence-electron chi connectivity index (χ3n) is 5.31. The van der Waals surface area contributed by atoms with Gasteiger partial charge in [0.2, 0.25) is 5.91 Å². The Bertz CT molecular complexity index is 1010. The molecule has 1 aromatic heterocycles. The minimum Gasteiger partial charge on any atom is -0.493 e. The summed E-state index contributed by atoms with van der Waals surface area (Å²) < 4.78 is 8.31. The first-order valence-electron chi connectivity index (χ1n) is 11.2. The second kappa shape index (κ2) is 11.9. The Morgan fingerprint density at radius 1 is 1.06 bits per heavy atom. The van der Waals surface area contributed by atoms with E-state index >= 15 is 0 Å². The molecule has 0 aliphatic rings. The normalized spacial score (nSPS) is 11.3. The lowest BCUT2D eigenvalue weighted by atomic mass is 10.2. The van der Waals surface area contributed by atoms with E-state index in [4.69, 9.17) is 9.72 Å². The van der Waals surface area contributed by atoms with Gasteiger partial charge < -0.3 is 14.6 Å². The van der Waals surface area contributed by atoms with Crippen LogP contribution in [0.3, 0.4) is 0 Å². The number of fused-ring (bicyclic) bond motifs is 1. The maximum atomic E-state index is 11.5. The molecule has 0 fully saturated rings. The molecule has 0 aliphatic heterocycles. The highest BCUT2D eigenvalue weighted by Crippen LogP contribution is 2.19. The summed E-state index contributed by atoms with van der Waals surface area (Å²) >= 11 is 0. The van der Waals surface area contributed by atoms with E-state index in [1.165, 1.54) is 5.52 Å². The molecular weight excluding hydrogens is 386 g/mol. The summed E-state index contributed by atoms with van der Waals surface area (Å²) in [5.74, 6) is 2.08. The van der Waals surface area contributed by atoms with Crippen LogP contribution in [0, 0.1) is 6.92 Å². The van der Waals surface area contributed by atoms with Crippen LogP contribution in [0.15, 0.2) is 60.7 Å². The Morgan fingerprint density at radius 2 is 1.87 bits per heavy atom. The third kappa shape index (κ3) is 6.71. The number of para-hydroxylation sites is 3. The molecule has 2 aromatic carbocycles. The van der Waals surface area contributed by atoms with Crippen molar-refractivity contribution in [2.45, 2.75) is 52.5 Å². The van der Waals surface area contributed by atoms with Crippen LogP contribution in [-0.4, -0.2) is 28.6 Å². The SMILES string of the molecule is C/C=C/C(=O)NCCCCCc1nc2ccccc2n1CCCOc1ccccc1C. The molecule has 0 atom stereocenters. The number of hydrogen-bond donors (Lipinski definition) is 1. The number of unbranched alkanes of at least 4 members (excludes halogenated alkanes) is 2. The zero-order valence-electron chi connectivity index (χ0n) is 18.6. The molecule has 5 nitrogen and oxygen atoms in total. The first-order chi connectivity index (χ1) is 15.2. The predicted molar refractivity (Wildman–Crippen MR) is 126 cm³/mol. The van der Waals surface area contributed by atoms with Crippen molar-refractivity contribution in [1.29, 1.82) is 0 Å². The maximum absolute atomic E-state index is 11.5. The highest BCUT2D eigenvalue weighted by Gasteiger charge is 2.10. The number of amides is 1. The van der Waals surface area contributed by atoms with Crippen molar-refractivity contribution < 1.29 is 9.53 Å². The van der Waals surface area contributed by atoms with Crippen LogP contribution in [0.5, 0.6) is 5.75 Å². The molecule has 31 heavy (non-hydrogen) atoms. The van der Waals surface area contributed by atoms with Crippen LogP contribution in [0.1, 0.15) is 44.0 Å². The number of ether oxygens (including phenoxy) is 1. The number of hydrogen-bond acceptors (Lipinski definition) is 3. The molecule has 0 bridgehead atoms. The summed E-state index contributed by atoms with van der Waals surface area (Å²) in [6, 6.07) is 16.5. The molecule has 0 unspecified atom stereocenters. The number of allylic oxidation sites excluding steroid dienone is 1. The largest absolute Gasteiger partial charge is 0.493 e. The first-order valence-corrected chi connectivity index (χ1v) is 11.2. The summed E-state index contributed by atoms with van der Waals surface area (Å²) in [5.41, 5.74) is 3.40. The first kappa shape index (κ1) is 22.6. The van der Waals surface area contributed by atoms with E-state index < -0.39 is 0 Å². The zero-order chi connectivity index (χ0) is 21.9. The number of nitrogens with one attached hydrogen (secondary N) is 1. The zero-order valence-corrected chi connectivity index (χ0v) is 18.6. The van der Waals surface area contributed by atoms with Gasteiger partial charge in [0.25, 0.3) is 0 Å². The number of nitrogens with zero attached hydrogens (tertiary/aromatic N) is 2. The van der Waals surface area contributed by atoms with Crippen molar-refractivity contribution in [3.8, 4) is 5.75 Å². The van der Waals surface area contributed by atoms with Crippen LogP contribution in [0.2, 0.25) is 0 Å². The van der Waals surface area contributed by atoms with Crippen molar-refractivity contribution in [1.82, 2.24) is 14.9 Å². The number of imidazole rings is 1. The lowest BCUT2D eigenvalue weighted by molar-refractivity contribution is -0.116. The number of carbonyl (C=O) groups excluding carboxylic acids is 1. The molecule has 0 radical (unpaired) electrons. The number of aromatic nitrogens is 2. The number of benzene rings is 2. The average Bonchev–Trinajstić information content (AvgIpc) is 3.12. The van der Waals surface area contributed by atoms with Crippen LogP contribution < -0.4 is 10.1 Å². The van der Waals surface area contributed by atoms with E-state index in [1.807, 2.05) is 31.2 Å². The molecule has 3 aromatic rings. The molecule has 3 rings (SSSR count).